The number of thioether (sulfide) groups is 1. The zero-order chi connectivity index (χ0) is 21.5. The van der Waals surface area contributed by atoms with Crippen LogP contribution in [0.4, 0.5) is 5.69 Å². The maximum atomic E-state index is 12.3. The van der Waals surface area contributed by atoms with Crippen LogP contribution in [-0.4, -0.2) is 26.8 Å². The molecule has 4 rings (SSSR count). The van der Waals surface area contributed by atoms with Gasteiger partial charge in [0.1, 0.15) is 12.4 Å². The first-order valence-corrected chi connectivity index (χ1v) is 11.3. The molecule has 1 aromatic heterocycles. The molecule has 1 amide bonds. The predicted octanol–water partition coefficient (Wildman–Crippen LogP) is 5.54. The number of aromatic nitrogens is 3. The minimum Gasteiger partial charge on any atom is -0.489 e. The van der Waals surface area contributed by atoms with E-state index in [1.807, 2.05) is 78.9 Å². The van der Waals surface area contributed by atoms with Gasteiger partial charge in [-0.3, -0.25) is 9.89 Å². The molecule has 0 atom stereocenters. The van der Waals surface area contributed by atoms with Crippen LogP contribution in [0, 0.1) is 0 Å². The summed E-state index contributed by atoms with van der Waals surface area (Å²) in [5, 5.41) is 10.5. The molecular weight excluding hydrogens is 476 g/mol. The third kappa shape index (κ3) is 5.96. The standard InChI is InChI=1S/C23H19BrN4O2S/c24-20-9-5-4-8-19(20)22-26-23(28-27-22)31-15-21(29)25-17-10-12-18(13-11-17)30-14-16-6-2-1-3-7-16/h1-13H,14-15H2,(H,25,29)(H,26,27,28). The Kier molecular flexibility index (Phi) is 7.01. The first-order chi connectivity index (χ1) is 15.2. The number of hydrogen-bond donors (Lipinski definition) is 2. The van der Waals surface area contributed by atoms with Crippen LogP contribution in [0.25, 0.3) is 11.4 Å². The average molecular weight is 495 g/mol. The second kappa shape index (κ2) is 10.3. The monoisotopic (exact) mass is 494 g/mol. The highest BCUT2D eigenvalue weighted by atomic mass is 79.9. The van der Waals surface area contributed by atoms with Gasteiger partial charge in [0.2, 0.25) is 11.1 Å². The van der Waals surface area contributed by atoms with Crippen molar-refractivity contribution >= 4 is 39.3 Å². The van der Waals surface area contributed by atoms with Crippen LogP contribution in [-0.2, 0) is 11.4 Å². The maximum absolute atomic E-state index is 12.3. The van der Waals surface area contributed by atoms with Crippen LogP contribution < -0.4 is 10.1 Å². The summed E-state index contributed by atoms with van der Waals surface area (Å²) in [6.45, 7) is 0.501. The summed E-state index contributed by atoms with van der Waals surface area (Å²) in [4.78, 5) is 16.7. The second-order valence-corrected chi connectivity index (χ2v) is 8.38. The number of anilines is 1. The molecule has 4 aromatic rings. The van der Waals surface area contributed by atoms with Crippen molar-refractivity contribution in [1.82, 2.24) is 15.2 Å². The summed E-state index contributed by atoms with van der Waals surface area (Å²) in [7, 11) is 0. The summed E-state index contributed by atoms with van der Waals surface area (Å²) < 4.78 is 6.69. The molecule has 2 N–H and O–H groups in total. The van der Waals surface area contributed by atoms with Gasteiger partial charge >= 0.3 is 0 Å². The number of aromatic amines is 1. The highest BCUT2D eigenvalue weighted by Crippen LogP contribution is 2.26. The molecule has 0 aliphatic rings. The normalized spacial score (nSPS) is 10.6. The van der Waals surface area contributed by atoms with E-state index in [2.05, 4.69) is 36.4 Å². The first kappa shape index (κ1) is 21.1. The summed E-state index contributed by atoms with van der Waals surface area (Å²) in [5.41, 5.74) is 2.73. The molecule has 156 valence electrons. The molecule has 3 aromatic carbocycles. The molecule has 0 spiro atoms. The van der Waals surface area contributed by atoms with E-state index in [-0.39, 0.29) is 11.7 Å². The molecule has 0 fully saturated rings. The fourth-order valence-electron chi connectivity index (χ4n) is 2.79. The number of carbonyl (C=O) groups is 1. The van der Waals surface area contributed by atoms with Crippen molar-refractivity contribution in [2.24, 2.45) is 0 Å². The van der Waals surface area contributed by atoms with Gasteiger partial charge < -0.3 is 10.1 Å². The van der Waals surface area contributed by atoms with Crippen molar-refractivity contribution in [1.29, 1.82) is 0 Å². The van der Waals surface area contributed by atoms with Gasteiger partial charge in [0.25, 0.3) is 0 Å². The van der Waals surface area contributed by atoms with Crippen LogP contribution in [0.15, 0.2) is 88.5 Å². The van der Waals surface area contributed by atoms with E-state index in [4.69, 9.17) is 4.74 Å². The zero-order valence-electron chi connectivity index (χ0n) is 16.4. The number of benzene rings is 3. The van der Waals surface area contributed by atoms with Crippen molar-refractivity contribution in [3.05, 3.63) is 88.9 Å². The Morgan fingerprint density at radius 1 is 1.00 bits per heavy atom. The van der Waals surface area contributed by atoms with Gasteiger partial charge in [-0.2, -0.15) is 0 Å². The minimum absolute atomic E-state index is 0.129. The van der Waals surface area contributed by atoms with Gasteiger partial charge in [-0.25, -0.2) is 4.98 Å². The number of rotatable bonds is 8. The molecule has 0 aliphatic heterocycles. The molecule has 6 nitrogen and oxygen atoms in total. The van der Waals surface area contributed by atoms with E-state index in [9.17, 15) is 4.79 Å². The van der Waals surface area contributed by atoms with Crippen molar-refractivity contribution in [2.75, 3.05) is 11.1 Å². The molecular formula is C23H19BrN4O2S. The topological polar surface area (TPSA) is 79.9 Å². The van der Waals surface area contributed by atoms with Crippen molar-refractivity contribution in [3.63, 3.8) is 0 Å². The number of nitrogens with one attached hydrogen (secondary N) is 2. The number of ether oxygens (including phenoxy) is 1. The molecule has 0 unspecified atom stereocenters. The fraction of sp³-hybridized carbons (Fsp3) is 0.0870. The molecule has 0 aliphatic carbocycles. The van der Waals surface area contributed by atoms with E-state index in [0.717, 1.165) is 21.3 Å². The highest BCUT2D eigenvalue weighted by molar-refractivity contribution is 9.10. The molecule has 0 bridgehead atoms. The molecule has 31 heavy (non-hydrogen) atoms. The minimum atomic E-state index is -0.129. The van der Waals surface area contributed by atoms with E-state index in [1.54, 1.807) is 0 Å². The van der Waals surface area contributed by atoms with E-state index in [0.29, 0.717) is 23.3 Å². The van der Waals surface area contributed by atoms with Crippen molar-refractivity contribution in [3.8, 4) is 17.1 Å². The Bertz CT molecular complexity index is 1150. The third-order valence-electron chi connectivity index (χ3n) is 4.31. The van der Waals surface area contributed by atoms with E-state index in [1.165, 1.54) is 11.8 Å². The van der Waals surface area contributed by atoms with Crippen molar-refractivity contribution in [2.45, 2.75) is 11.8 Å². The summed E-state index contributed by atoms with van der Waals surface area (Å²) in [6.07, 6.45) is 0. The zero-order valence-corrected chi connectivity index (χ0v) is 18.8. The molecule has 0 saturated heterocycles. The average Bonchev–Trinajstić information content (AvgIpc) is 3.27. The number of H-pyrrole nitrogens is 1. The quantitative estimate of drug-likeness (QED) is 0.314. The Hall–Kier alpha value is -3.10. The summed E-state index contributed by atoms with van der Waals surface area (Å²) >= 11 is 4.77. The van der Waals surface area contributed by atoms with Gasteiger partial charge in [0.15, 0.2) is 5.82 Å². The highest BCUT2D eigenvalue weighted by Gasteiger charge is 2.11. The predicted molar refractivity (Wildman–Crippen MR) is 126 cm³/mol. The van der Waals surface area contributed by atoms with E-state index >= 15 is 0 Å². The second-order valence-electron chi connectivity index (χ2n) is 6.58. The lowest BCUT2D eigenvalue weighted by molar-refractivity contribution is -0.113. The van der Waals surface area contributed by atoms with Gasteiger partial charge in [-0.1, -0.05) is 76.2 Å². The Balaban J connectivity index is 1.26. The summed E-state index contributed by atoms with van der Waals surface area (Å²) in [6, 6.07) is 25.0. The van der Waals surface area contributed by atoms with Gasteiger partial charge in [-0.05, 0) is 35.9 Å². The Labute approximate surface area is 192 Å². The van der Waals surface area contributed by atoms with Crippen molar-refractivity contribution < 1.29 is 9.53 Å². The SMILES string of the molecule is O=C(CSc1n[nH]c(-c2ccccc2Br)n1)Nc1ccc(OCc2ccccc2)cc1. The lowest BCUT2D eigenvalue weighted by Gasteiger charge is -2.08. The maximum Gasteiger partial charge on any atom is 0.234 e. The Morgan fingerprint density at radius 3 is 2.52 bits per heavy atom. The van der Waals surface area contributed by atoms with Gasteiger partial charge in [-0.15, -0.1) is 5.10 Å². The molecule has 0 saturated carbocycles. The third-order valence-corrected chi connectivity index (χ3v) is 5.85. The molecule has 0 radical (unpaired) electrons. The Morgan fingerprint density at radius 2 is 1.74 bits per heavy atom. The smallest absolute Gasteiger partial charge is 0.234 e. The van der Waals surface area contributed by atoms with Crippen LogP contribution >= 0.6 is 27.7 Å². The fourth-order valence-corrected chi connectivity index (χ4v) is 3.86. The molecule has 8 heteroatoms. The van der Waals surface area contributed by atoms with Crippen LogP contribution in [0.3, 0.4) is 0 Å². The number of hydrogen-bond acceptors (Lipinski definition) is 5. The lowest BCUT2D eigenvalue weighted by Crippen LogP contribution is -2.14. The lowest BCUT2D eigenvalue weighted by atomic mass is 10.2. The largest absolute Gasteiger partial charge is 0.489 e. The first-order valence-electron chi connectivity index (χ1n) is 9.54. The number of carbonyl (C=O) groups excluding carboxylic acids is 1. The molecule has 1 heterocycles. The van der Waals surface area contributed by atoms with Gasteiger partial charge in [0.05, 0.1) is 5.75 Å². The number of nitrogens with zero attached hydrogens (tertiary/aromatic N) is 2. The van der Waals surface area contributed by atoms with Crippen LogP contribution in [0.2, 0.25) is 0 Å². The van der Waals surface area contributed by atoms with E-state index < -0.39 is 0 Å². The van der Waals surface area contributed by atoms with Crippen LogP contribution in [0.5, 0.6) is 5.75 Å². The summed E-state index contributed by atoms with van der Waals surface area (Å²) in [5.74, 6) is 1.48. The van der Waals surface area contributed by atoms with Gasteiger partial charge in [0, 0.05) is 15.7 Å². The number of halogens is 1. The number of amides is 1. The van der Waals surface area contributed by atoms with Crippen LogP contribution in [0.1, 0.15) is 5.56 Å².